The molecule has 5 heteroatoms. The van der Waals surface area contributed by atoms with Gasteiger partial charge in [-0.3, -0.25) is 4.79 Å². The van der Waals surface area contributed by atoms with Gasteiger partial charge in [-0.2, -0.15) is 0 Å². The first-order chi connectivity index (χ1) is 9.63. The molecular weight excluding hydrogens is 340 g/mol. The van der Waals surface area contributed by atoms with Crippen LogP contribution in [-0.2, 0) is 6.42 Å². The van der Waals surface area contributed by atoms with E-state index in [-0.39, 0.29) is 12.4 Å². The molecule has 0 aliphatic rings. The van der Waals surface area contributed by atoms with Gasteiger partial charge in [-0.1, -0.05) is 6.92 Å². The SMILES string of the molecule is CCc1ccc(C(=O)COc2ccc(OC)cc2Br)s1. The Bertz CT molecular complexity index is 607. The Morgan fingerprint density at radius 3 is 2.70 bits per heavy atom. The van der Waals surface area contributed by atoms with Crippen LogP contribution < -0.4 is 9.47 Å². The summed E-state index contributed by atoms with van der Waals surface area (Å²) >= 11 is 4.92. The molecule has 2 rings (SSSR count). The fourth-order valence-corrected chi connectivity index (χ4v) is 3.00. The highest BCUT2D eigenvalue weighted by molar-refractivity contribution is 9.10. The van der Waals surface area contributed by atoms with Crippen molar-refractivity contribution in [1.29, 1.82) is 0 Å². The molecule has 0 saturated heterocycles. The largest absolute Gasteiger partial charge is 0.497 e. The third-order valence-electron chi connectivity index (χ3n) is 2.78. The number of halogens is 1. The molecule has 0 aliphatic carbocycles. The summed E-state index contributed by atoms with van der Waals surface area (Å²) in [6.07, 6.45) is 0.947. The van der Waals surface area contributed by atoms with Crippen molar-refractivity contribution in [1.82, 2.24) is 0 Å². The fraction of sp³-hybridized carbons (Fsp3) is 0.267. The van der Waals surface area contributed by atoms with E-state index in [1.165, 1.54) is 16.2 Å². The number of carbonyl (C=O) groups is 1. The summed E-state index contributed by atoms with van der Waals surface area (Å²) in [7, 11) is 1.61. The molecule has 2 aromatic rings. The Labute approximate surface area is 130 Å². The summed E-state index contributed by atoms with van der Waals surface area (Å²) in [6, 6.07) is 9.23. The zero-order chi connectivity index (χ0) is 14.5. The van der Waals surface area contributed by atoms with Crippen LogP contribution in [-0.4, -0.2) is 19.5 Å². The molecule has 0 unspecified atom stereocenters. The predicted molar refractivity (Wildman–Crippen MR) is 84.2 cm³/mol. The zero-order valence-electron chi connectivity index (χ0n) is 11.3. The summed E-state index contributed by atoms with van der Waals surface area (Å²) in [5.74, 6) is 1.37. The van der Waals surface area contributed by atoms with Crippen molar-refractivity contribution in [3.05, 3.63) is 44.6 Å². The molecule has 3 nitrogen and oxygen atoms in total. The first-order valence-electron chi connectivity index (χ1n) is 6.22. The highest BCUT2D eigenvalue weighted by Gasteiger charge is 2.11. The van der Waals surface area contributed by atoms with Crippen molar-refractivity contribution in [3.63, 3.8) is 0 Å². The molecule has 0 bridgehead atoms. The van der Waals surface area contributed by atoms with Gasteiger partial charge in [0.2, 0.25) is 5.78 Å². The second-order valence-corrected chi connectivity index (χ2v) is 6.15. The summed E-state index contributed by atoms with van der Waals surface area (Å²) in [5.41, 5.74) is 0. The number of carbonyl (C=O) groups excluding carboxylic acids is 1. The second kappa shape index (κ2) is 6.90. The number of aryl methyl sites for hydroxylation is 1. The standard InChI is InChI=1S/C15H15BrO3S/c1-3-11-5-7-15(20-11)13(17)9-19-14-6-4-10(18-2)8-12(14)16/h4-8H,3,9H2,1-2H3. The first kappa shape index (κ1) is 15.1. The number of hydrogen-bond donors (Lipinski definition) is 0. The number of rotatable bonds is 6. The summed E-state index contributed by atoms with van der Waals surface area (Å²) in [4.78, 5) is 14.0. The lowest BCUT2D eigenvalue weighted by Crippen LogP contribution is -2.10. The van der Waals surface area contributed by atoms with Crippen molar-refractivity contribution < 1.29 is 14.3 Å². The predicted octanol–water partition coefficient (Wildman–Crippen LogP) is 4.34. The number of hydrogen-bond acceptors (Lipinski definition) is 4. The monoisotopic (exact) mass is 354 g/mol. The van der Waals surface area contributed by atoms with Gasteiger partial charge < -0.3 is 9.47 Å². The lowest BCUT2D eigenvalue weighted by molar-refractivity contribution is 0.0925. The number of ketones is 1. The maximum atomic E-state index is 12.0. The van der Waals surface area contributed by atoms with Gasteiger partial charge in [0.15, 0.2) is 6.61 Å². The normalized spacial score (nSPS) is 10.3. The maximum absolute atomic E-state index is 12.0. The molecule has 1 aromatic heterocycles. The van der Waals surface area contributed by atoms with E-state index < -0.39 is 0 Å². The van der Waals surface area contributed by atoms with E-state index in [0.717, 1.165) is 21.5 Å². The zero-order valence-corrected chi connectivity index (χ0v) is 13.7. The molecule has 0 atom stereocenters. The van der Waals surface area contributed by atoms with Crippen LogP contribution in [0.5, 0.6) is 11.5 Å². The van der Waals surface area contributed by atoms with E-state index >= 15 is 0 Å². The topological polar surface area (TPSA) is 35.5 Å². The molecule has 106 valence electrons. The van der Waals surface area contributed by atoms with Crippen LogP contribution in [0.15, 0.2) is 34.8 Å². The Morgan fingerprint density at radius 1 is 1.30 bits per heavy atom. The van der Waals surface area contributed by atoms with Crippen molar-refractivity contribution in [2.24, 2.45) is 0 Å². The number of ether oxygens (including phenoxy) is 2. The molecule has 1 heterocycles. The van der Waals surface area contributed by atoms with Crippen molar-refractivity contribution in [3.8, 4) is 11.5 Å². The minimum atomic E-state index is -0.00239. The minimum Gasteiger partial charge on any atom is -0.497 e. The highest BCUT2D eigenvalue weighted by Crippen LogP contribution is 2.29. The van der Waals surface area contributed by atoms with Gasteiger partial charge >= 0.3 is 0 Å². The van der Waals surface area contributed by atoms with Crippen LogP contribution in [0.4, 0.5) is 0 Å². The smallest absolute Gasteiger partial charge is 0.210 e. The third-order valence-corrected chi connectivity index (χ3v) is 4.67. The number of Topliss-reactive ketones (excluding diaryl/α,β-unsaturated/α-hetero) is 1. The molecular formula is C15H15BrO3S. The minimum absolute atomic E-state index is 0.00239. The first-order valence-corrected chi connectivity index (χ1v) is 7.83. The summed E-state index contributed by atoms with van der Waals surface area (Å²) in [5, 5.41) is 0. The van der Waals surface area contributed by atoms with E-state index in [1.807, 2.05) is 12.1 Å². The van der Waals surface area contributed by atoms with Gasteiger partial charge in [0.05, 0.1) is 16.5 Å². The molecule has 0 radical (unpaired) electrons. The molecule has 0 aliphatic heterocycles. The Balaban J connectivity index is 1.99. The third kappa shape index (κ3) is 3.61. The lowest BCUT2D eigenvalue weighted by Gasteiger charge is -2.08. The van der Waals surface area contributed by atoms with Crippen molar-refractivity contribution >= 4 is 33.0 Å². The molecule has 0 N–H and O–H groups in total. The Hall–Kier alpha value is -1.33. The second-order valence-electron chi connectivity index (χ2n) is 4.13. The van der Waals surface area contributed by atoms with Crippen LogP contribution in [0.1, 0.15) is 21.5 Å². The van der Waals surface area contributed by atoms with Crippen LogP contribution in [0.3, 0.4) is 0 Å². The van der Waals surface area contributed by atoms with Crippen LogP contribution in [0.2, 0.25) is 0 Å². The van der Waals surface area contributed by atoms with E-state index in [9.17, 15) is 4.79 Å². The van der Waals surface area contributed by atoms with Gasteiger partial charge in [0, 0.05) is 4.88 Å². The van der Waals surface area contributed by atoms with E-state index in [4.69, 9.17) is 9.47 Å². The molecule has 0 saturated carbocycles. The Morgan fingerprint density at radius 2 is 2.10 bits per heavy atom. The maximum Gasteiger partial charge on any atom is 0.210 e. The van der Waals surface area contributed by atoms with Crippen molar-refractivity contribution in [2.45, 2.75) is 13.3 Å². The van der Waals surface area contributed by atoms with Gasteiger partial charge in [-0.05, 0) is 52.7 Å². The quantitative estimate of drug-likeness (QED) is 0.723. The van der Waals surface area contributed by atoms with Crippen LogP contribution >= 0.6 is 27.3 Å². The van der Waals surface area contributed by atoms with E-state index in [0.29, 0.717) is 5.75 Å². The number of methoxy groups -OCH3 is 1. The number of thiophene rings is 1. The Kier molecular flexibility index (Phi) is 5.20. The molecule has 0 fully saturated rings. The van der Waals surface area contributed by atoms with Crippen LogP contribution in [0.25, 0.3) is 0 Å². The van der Waals surface area contributed by atoms with E-state index in [2.05, 4.69) is 22.9 Å². The van der Waals surface area contributed by atoms with Gasteiger partial charge in [0.1, 0.15) is 11.5 Å². The average molecular weight is 355 g/mol. The molecule has 1 aromatic carbocycles. The number of benzene rings is 1. The summed E-state index contributed by atoms with van der Waals surface area (Å²) in [6.45, 7) is 2.11. The molecule has 0 spiro atoms. The van der Waals surface area contributed by atoms with Crippen LogP contribution in [0, 0.1) is 0 Å². The van der Waals surface area contributed by atoms with E-state index in [1.54, 1.807) is 25.3 Å². The van der Waals surface area contributed by atoms with Gasteiger partial charge in [0.25, 0.3) is 0 Å². The summed E-state index contributed by atoms with van der Waals surface area (Å²) < 4.78 is 11.4. The van der Waals surface area contributed by atoms with Crippen molar-refractivity contribution in [2.75, 3.05) is 13.7 Å². The average Bonchev–Trinajstić information content (AvgIpc) is 2.94. The van der Waals surface area contributed by atoms with Gasteiger partial charge in [-0.25, -0.2) is 0 Å². The highest BCUT2D eigenvalue weighted by atomic mass is 79.9. The molecule has 20 heavy (non-hydrogen) atoms. The lowest BCUT2D eigenvalue weighted by atomic mass is 10.3. The molecule has 0 amide bonds. The van der Waals surface area contributed by atoms with Gasteiger partial charge in [-0.15, -0.1) is 11.3 Å². The fourth-order valence-electron chi connectivity index (χ4n) is 1.66.